The molecule has 1 aromatic carbocycles. The number of nitrogens with zero attached hydrogens (tertiary/aromatic N) is 1. The van der Waals surface area contributed by atoms with Crippen LogP contribution in [-0.4, -0.2) is 48.8 Å². The van der Waals surface area contributed by atoms with Gasteiger partial charge in [0.2, 0.25) is 0 Å². The van der Waals surface area contributed by atoms with Gasteiger partial charge >= 0.3 is 6.09 Å². The monoisotopic (exact) mass is 344 g/mol. The molecule has 1 N–H and O–H groups in total. The maximum atomic E-state index is 11.9. The number of rotatable bonds is 4. The van der Waals surface area contributed by atoms with E-state index < -0.39 is 35.6 Å². The number of nitrogens with one attached hydrogen (secondary N) is 1. The number of carbonyl (C=O) groups is 1. The van der Waals surface area contributed by atoms with Gasteiger partial charge in [-0.3, -0.25) is 5.32 Å². The van der Waals surface area contributed by atoms with Crippen LogP contribution in [0.2, 0.25) is 5.02 Å². The van der Waals surface area contributed by atoms with Crippen molar-refractivity contribution in [1.82, 2.24) is 0 Å². The Kier molecular flexibility index (Phi) is 4.51. The van der Waals surface area contributed by atoms with Gasteiger partial charge in [0.15, 0.2) is 12.2 Å². The molecule has 3 rings (SSSR count). The fraction of sp³-hybridized carbons (Fsp3) is 0.462. The van der Waals surface area contributed by atoms with Crippen molar-refractivity contribution in [2.45, 2.75) is 24.4 Å². The Bertz CT molecular complexity index is 614. The Hall–Kier alpha value is -2.10. The van der Waals surface area contributed by atoms with Crippen LogP contribution in [0, 0.1) is 10.1 Å². The molecule has 2 aliphatic rings. The summed E-state index contributed by atoms with van der Waals surface area (Å²) in [6.07, 6.45) is -3.41. The minimum absolute atomic E-state index is 0.00604. The normalized spacial score (nSPS) is 28.9. The molecule has 124 valence electrons. The lowest BCUT2D eigenvalue weighted by Gasteiger charge is -2.17. The Balaban J connectivity index is 1.55. The minimum Gasteiger partial charge on any atom is -0.441 e. The quantitative estimate of drug-likeness (QED) is 0.653. The third kappa shape index (κ3) is 3.63. The molecule has 0 aliphatic carbocycles. The van der Waals surface area contributed by atoms with E-state index in [4.69, 9.17) is 25.8 Å². The van der Waals surface area contributed by atoms with Crippen LogP contribution in [0.25, 0.3) is 0 Å². The molecule has 2 fully saturated rings. The zero-order chi connectivity index (χ0) is 16.4. The van der Waals surface area contributed by atoms with Crippen LogP contribution in [0.1, 0.15) is 0 Å². The largest absolute Gasteiger partial charge is 0.441 e. The zero-order valence-corrected chi connectivity index (χ0v) is 12.5. The van der Waals surface area contributed by atoms with Crippen molar-refractivity contribution in [3.05, 3.63) is 39.4 Å². The van der Waals surface area contributed by atoms with Gasteiger partial charge in [0.05, 0.1) is 13.2 Å². The van der Waals surface area contributed by atoms with Gasteiger partial charge in [0, 0.05) is 10.7 Å². The van der Waals surface area contributed by atoms with Gasteiger partial charge < -0.3 is 19.0 Å². The molecule has 0 unspecified atom stereocenters. The predicted molar refractivity (Wildman–Crippen MR) is 76.7 cm³/mol. The Labute approximate surface area is 135 Å². The number of ether oxygens (including phenoxy) is 3. The van der Waals surface area contributed by atoms with Crippen LogP contribution in [0.15, 0.2) is 24.3 Å². The van der Waals surface area contributed by atoms with Crippen molar-refractivity contribution in [2.75, 3.05) is 18.5 Å². The highest BCUT2D eigenvalue weighted by molar-refractivity contribution is 6.30. The molecule has 2 heterocycles. The summed E-state index contributed by atoms with van der Waals surface area (Å²) in [7, 11) is 0. The van der Waals surface area contributed by atoms with Gasteiger partial charge in [-0.15, -0.1) is 10.1 Å². The third-order valence-corrected chi connectivity index (χ3v) is 3.75. The van der Waals surface area contributed by atoms with Gasteiger partial charge in [-0.2, -0.15) is 0 Å². The van der Waals surface area contributed by atoms with Gasteiger partial charge in [0.25, 0.3) is 5.09 Å². The lowest BCUT2D eigenvalue weighted by Crippen LogP contribution is -2.36. The molecule has 0 radical (unpaired) electrons. The first kappa shape index (κ1) is 15.8. The maximum absolute atomic E-state index is 11.9. The van der Waals surface area contributed by atoms with Crippen LogP contribution >= 0.6 is 11.6 Å². The van der Waals surface area contributed by atoms with Gasteiger partial charge in [0.1, 0.15) is 12.2 Å². The molecular weight excluding hydrogens is 332 g/mol. The average molecular weight is 345 g/mol. The van der Waals surface area contributed by atoms with E-state index in [9.17, 15) is 14.9 Å². The molecule has 2 saturated heterocycles. The van der Waals surface area contributed by atoms with Crippen molar-refractivity contribution in [2.24, 2.45) is 0 Å². The number of halogens is 1. The number of carbonyl (C=O) groups excluding carboxylic acids is 1. The van der Waals surface area contributed by atoms with E-state index in [0.29, 0.717) is 10.7 Å². The van der Waals surface area contributed by atoms with Gasteiger partial charge in [-0.1, -0.05) is 17.7 Å². The summed E-state index contributed by atoms with van der Waals surface area (Å²) in [4.78, 5) is 26.8. The van der Waals surface area contributed by atoms with Crippen LogP contribution < -0.4 is 5.32 Å². The summed E-state index contributed by atoms with van der Waals surface area (Å²) in [5.41, 5.74) is 0.486. The van der Waals surface area contributed by atoms with Crippen LogP contribution in [-0.2, 0) is 19.0 Å². The molecule has 1 aromatic rings. The van der Waals surface area contributed by atoms with Crippen molar-refractivity contribution in [3.8, 4) is 0 Å². The van der Waals surface area contributed by atoms with Crippen molar-refractivity contribution >= 4 is 23.4 Å². The fourth-order valence-electron chi connectivity index (χ4n) is 2.58. The first-order valence-electron chi connectivity index (χ1n) is 6.80. The first-order valence-corrected chi connectivity index (χ1v) is 7.18. The third-order valence-electron chi connectivity index (χ3n) is 3.51. The van der Waals surface area contributed by atoms with E-state index in [2.05, 4.69) is 10.2 Å². The molecule has 0 spiro atoms. The zero-order valence-electron chi connectivity index (χ0n) is 11.7. The standard InChI is InChI=1S/C13H13ClN2O7/c14-7-2-1-3-8(4-7)15-13(17)22-9-5-20-12-10(23-16(18)19)6-21-11(9)12/h1-4,9-12H,5-6H2,(H,15,17)/t9-,10+,11+,12+/m0/s1. The van der Waals surface area contributed by atoms with E-state index in [1.807, 2.05) is 0 Å². The smallest absolute Gasteiger partial charge is 0.412 e. The molecule has 9 nitrogen and oxygen atoms in total. The maximum Gasteiger partial charge on any atom is 0.412 e. The summed E-state index contributed by atoms with van der Waals surface area (Å²) in [5, 5.41) is 12.5. The SMILES string of the molecule is O=C(Nc1cccc(Cl)c1)O[C@H]1CO[C@H]2[C@@H]1OC[C@H]2O[N+](=O)[O-]. The van der Waals surface area contributed by atoms with E-state index in [1.54, 1.807) is 24.3 Å². The number of hydrogen-bond donors (Lipinski definition) is 1. The first-order chi connectivity index (χ1) is 11.0. The summed E-state index contributed by atoms with van der Waals surface area (Å²) in [6.45, 7) is 0.0853. The number of fused-ring (bicyclic) bond motifs is 1. The molecule has 0 bridgehead atoms. The average Bonchev–Trinajstić information content (AvgIpc) is 3.03. The predicted octanol–water partition coefficient (Wildman–Crippen LogP) is 1.63. The van der Waals surface area contributed by atoms with E-state index in [-0.39, 0.29) is 13.2 Å². The summed E-state index contributed by atoms with van der Waals surface area (Å²) in [5.74, 6) is 0. The minimum atomic E-state index is -0.889. The number of benzene rings is 1. The number of anilines is 1. The van der Waals surface area contributed by atoms with Crippen molar-refractivity contribution in [1.29, 1.82) is 0 Å². The van der Waals surface area contributed by atoms with Crippen LogP contribution in [0.4, 0.5) is 10.5 Å². The summed E-state index contributed by atoms with van der Waals surface area (Å²) < 4.78 is 16.0. The molecule has 1 amide bonds. The molecule has 23 heavy (non-hydrogen) atoms. The summed E-state index contributed by atoms with van der Waals surface area (Å²) >= 11 is 5.83. The van der Waals surface area contributed by atoms with Crippen molar-refractivity contribution in [3.63, 3.8) is 0 Å². The highest BCUT2D eigenvalue weighted by atomic mass is 35.5. The van der Waals surface area contributed by atoms with Crippen molar-refractivity contribution < 1.29 is 28.9 Å². The second kappa shape index (κ2) is 6.57. The molecule has 2 aliphatic heterocycles. The molecule has 10 heteroatoms. The lowest BCUT2D eigenvalue weighted by atomic mass is 10.1. The summed E-state index contributed by atoms with van der Waals surface area (Å²) in [6, 6.07) is 6.60. The second-order valence-electron chi connectivity index (χ2n) is 5.04. The van der Waals surface area contributed by atoms with E-state index in [1.165, 1.54) is 0 Å². The highest BCUT2D eigenvalue weighted by Gasteiger charge is 2.51. The van der Waals surface area contributed by atoms with Gasteiger partial charge in [-0.25, -0.2) is 4.79 Å². The van der Waals surface area contributed by atoms with E-state index >= 15 is 0 Å². The van der Waals surface area contributed by atoms with Crippen LogP contribution in [0.3, 0.4) is 0 Å². The highest BCUT2D eigenvalue weighted by Crippen LogP contribution is 2.30. The topological polar surface area (TPSA) is 109 Å². The number of hydrogen-bond acceptors (Lipinski definition) is 7. The molecule has 0 aromatic heterocycles. The lowest BCUT2D eigenvalue weighted by molar-refractivity contribution is -0.769. The number of amides is 1. The van der Waals surface area contributed by atoms with Crippen LogP contribution in [0.5, 0.6) is 0 Å². The second-order valence-corrected chi connectivity index (χ2v) is 5.48. The molecule has 0 saturated carbocycles. The Morgan fingerprint density at radius 1 is 1.30 bits per heavy atom. The van der Waals surface area contributed by atoms with Gasteiger partial charge in [-0.05, 0) is 18.2 Å². The molecular formula is C13H13ClN2O7. The molecule has 4 atom stereocenters. The Morgan fingerprint density at radius 3 is 2.70 bits per heavy atom. The van der Waals surface area contributed by atoms with E-state index in [0.717, 1.165) is 0 Å². The Morgan fingerprint density at radius 2 is 2.00 bits per heavy atom. The fourth-order valence-corrected chi connectivity index (χ4v) is 2.77.